The van der Waals surface area contributed by atoms with Crippen LogP contribution in [0.2, 0.25) is 0 Å². The van der Waals surface area contributed by atoms with E-state index in [2.05, 4.69) is 182 Å². The first-order valence-corrected chi connectivity index (χ1v) is 18.2. The SMILES string of the molecule is c1cc2cccc3c4ccc(-c5ccc(-c6ccc(-c7ccc8c9cccc%10cccc(c%11cccc7c%118)c%109)cc6)cc5)c5cccc(c(c1)c23)c54. The lowest BCUT2D eigenvalue weighted by atomic mass is 9.86. The Balaban J connectivity index is 0.937. The topological polar surface area (TPSA) is 0 Å². The predicted molar refractivity (Wildman–Crippen MR) is 225 cm³/mol. The van der Waals surface area contributed by atoms with Gasteiger partial charge in [0.25, 0.3) is 0 Å². The van der Waals surface area contributed by atoms with Gasteiger partial charge in [-0.05, 0) is 120 Å². The van der Waals surface area contributed by atoms with Crippen molar-refractivity contribution < 1.29 is 0 Å². The molecule has 0 aliphatic carbocycles. The molecule has 52 heavy (non-hydrogen) atoms. The van der Waals surface area contributed by atoms with Crippen molar-refractivity contribution in [3.8, 4) is 33.4 Å². The highest BCUT2D eigenvalue weighted by Gasteiger charge is 2.17. The summed E-state index contributed by atoms with van der Waals surface area (Å²) in [4.78, 5) is 0. The molecule has 0 N–H and O–H groups in total. The van der Waals surface area contributed by atoms with Crippen molar-refractivity contribution in [3.05, 3.63) is 182 Å². The highest BCUT2D eigenvalue weighted by molar-refractivity contribution is 6.35. The molecule has 12 aromatic carbocycles. The maximum absolute atomic E-state index is 2.33. The van der Waals surface area contributed by atoms with Gasteiger partial charge in [-0.25, -0.2) is 0 Å². The number of hydrogen-bond donors (Lipinski definition) is 0. The molecule has 0 radical (unpaired) electrons. The first kappa shape index (κ1) is 28.0. The van der Waals surface area contributed by atoms with Crippen LogP contribution in [0.15, 0.2) is 182 Å². The highest BCUT2D eigenvalue weighted by atomic mass is 14.2. The molecule has 0 fully saturated rings. The molecule has 0 atom stereocenters. The van der Waals surface area contributed by atoms with Crippen molar-refractivity contribution in [2.75, 3.05) is 0 Å². The molecule has 0 aliphatic rings. The molecular weight excluding hydrogens is 625 g/mol. The standard InChI is InChI=1S/C52H30/c1-7-35-9-3-13-43-47-29-27-37(39-15-5-17-45(51(39)47)41(11-1)49(35)43)33-23-19-31(20-24-33)32-21-25-34(26-22-32)38-28-30-48-44-14-4-10-36-8-2-12-42(50(36)44)46-18-6-16-40(38)52(46)48/h1-30H. The number of hydrogen-bond acceptors (Lipinski definition) is 0. The molecule has 0 bridgehead atoms. The minimum absolute atomic E-state index is 1.22. The molecule has 0 unspecified atom stereocenters. The summed E-state index contributed by atoms with van der Waals surface area (Å²) in [6.45, 7) is 0. The second kappa shape index (κ2) is 10.4. The number of rotatable bonds is 3. The van der Waals surface area contributed by atoms with Crippen LogP contribution in [-0.2, 0) is 0 Å². The lowest BCUT2D eigenvalue weighted by Gasteiger charge is -2.17. The summed E-state index contributed by atoms with van der Waals surface area (Å²) in [6.07, 6.45) is 0. The van der Waals surface area contributed by atoms with Crippen LogP contribution in [0.3, 0.4) is 0 Å². The van der Waals surface area contributed by atoms with Crippen molar-refractivity contribution in [2.45, 2.75) is 0 Å². The van der Waals surface area contributed by atoms with Gasteiger partial charge in [-0.2, -0.15) is 0 Å². The van der Waals surface area contributed by atoms with E-state index in [9.17, 15) is 0 Å². The monoisotopic (exact) mass is 654 g/mol. The zero-order chi connectivity index (χ0) is 33.9. The Morgan fingerprint density at radius 3 is 0.808 bits per heavy atom. The summed E-state index contributed by atoms with van der Waals surface area (Å²) in [5, 5.41) is 21.3. The minimum Gasteiger partial charge on any atom is -0.0610 e. The molecule has 12 aromatic rings. The molecule has 0 aromatic heterocycles. The van der Waals surface area contributed by atoms with Crippen molar-refractivity contribution in [3.63, 3.8) is 0 Å². The molecule has 0 saturated heterocycles. The Labute approximate surface area is 300 Å². The first-order chi connectivity index (χ1) is 25.8. The summed E-state index contributed by atoms with van der Waals surface area (Å²) in [5.74, 6) is 0. The van der Waals surface area contributed by atoms with E-state index in [-0.39, 0.29) is 0 Å². The molecule has 0 saturated carbocycles. The van der Waals surface area contributed by atoms with Crippen LogP contribution in [0.25, 0.3) is 120 Å². The van der Waals surface area contributed by atoms with Gasteiger partial charge in [-0.15, -0.1) is 0 Å². The second-order valence-corrected chi connectivity index (χ2v) is 14.4. The van der Waals surface area contributed by atoms with Gasteiger partial charge in [0.15, 0.2) is 0 Å². The Morgan fingerprint density at radius 2 is 0.442 bits per heavy atom. The summed E-state index contributed by atoms with van der Waals surface area (Å²) in [7, 11) is 0. The molecule has 0 heteroatoms. The molecule has 12 rings (SSSR count). The molecule has 0 heterocycles. The van der Waals surface area contributed by atoms with E-state index in [0.717, 1.165) is 0 Å². The van der Waals surface area contributed by atoms with Crippen LogP contribution < -0.4 is 0 Å². The van der Waals surface area contributed by atoms with Crippen LogP contribution in [-0.4, -0.2) is 0 Å². The van der Waals surface area contributed by atoms with Gasteiger partial charge in [-0.1, -0.05) is 182 Å². The van der Waals surface area contributed by atoms with Gasteiger partial charge in [0.1, 0.15) is 0 Å². The van der Waals surface area contributed by atoms with E-state index >= 15 is 0 Å². The van der Waals surface area contributed by atoms with E-state index in [4.69, 9.17) is 0 Å². The van der Waals surface area contributed by atoms with Crippen molar-refractivity contribution in [2.24, 2.45) is 0 Å². The van der Waals surface area contributed by atoms with E-state index in [0.29, 0.717) is 0 Å². The number of benzene rings is 12. The smallest absolute Gasteiger partial charge is 0.00201 e. The molecule has 0 nitrogen and oxygen atoms in total. The van der Waals surface area contributed by atoms with E-state index in [1.807, 2.05) is 0 Å². The Hall–Kier alpha value is -6.76. The van der Waals surface area contributed by atoms with E-state index in [1.165, 1.54) is 120 Å². The molecule has 0 amide bonds. The predicted octanol–water partition coefficient (Wildman–Crippen LogP) is 14.8. The van der Waals surface area contributed by atoms with Crippen LogP contribution in [0.1, 0.15) is 0 Å². The van der Waals surface area contributed by atoms with E-state index < -0.39 is 0 Å². The van der Waals surface area contributed by atoms with Gasteiger partial charge >= 0.3 is 0 Å². The molecular formula is C52H30. The maximum atomic E-state index is 2.33. The average molecular weight is 655 g/mol. The van der Waals surface area contributed by atoms with E-state index in [1.54, 1.807) is 0 Å². The third-order valence-electron chi connectivity index (χ3n) is 11.8. The Bertz CT molecular complexity index is 3040. The van der Waals surface area contributed by atoms with Gasteiger partial charge in [0, 0.05) is 0 Å². The third-order valence-corrected chi connectivity index (χ3v) is 11.8. The molecule has 238 valence electrons. The lowest BCUT2D eigenvalue weighted by molar-refractivity contribution is 1.60. The lowest BCUT2D eigenvalue weighted by Crippen LogP contribution is -1.89. The number of fused-ring (bicyclic) bond motifs is 4. The first-order valence-electron chi connectivity index (χ1n) is 18.2. The van der Waals surface area contributed by atoms with Crippen molar-refractivity contribution >= 4 is 86.2 Å². The fourth-order valence-electron chi connectivity index (χ4n) is 9.48. The van der Waals surface area contributed by atoms with Crippen molar-refractivity contribution in [1.82, 2.24) is 0 Å². The summed E-state index contributed by atoms with van der Waals surface area (Å²) < 4.78 is 0. The van der Waals surface area contributed by atoms with Gasteiger partial charge in [-0.3, -0.25) is 0 Å². The highest BCUT2D eigenvalue weighted by Crippen LogP contribution is 2.45. The molecule has 0 aliphatic heterocycles. The van der Waals surface area contributed by atoms with Gasteiger partial charge in [0.2, 0.25) is 0 Å². The van der Waals surface area contributed by atoms with Gasteiger partial charge < -0.3 is 0 Å². The average Bonchev–Trinajstić information content (AvgIpc) is 3.21. The molecule has 0 spiro atoms. The Kier molecular flexibility index (Phi) is 5.59. The quantitative estimate of drug-likeness (QED) is 0.131. The summed E-state index contributed by atoms with van der Waals surface area (Å²) >= 11 is 0. The zero-order valence-electron chi connectivity index (χ0n) is 28.3. The fraction of sp³-hybridized carbons (Fsp3) is 0. The van der Waals surface area contributed by atoms with Crippen LogP contribution in [0, 0.1) is 0 Å². The third kappa shape index (κ3) is 3.76. The normalized spacial score (nSPS) is 12.2. The Morgan fingerprint density at radius 1 is 0.173 bits per heavy atom. The van der Waals surface area contributed by atoms with Crippen LogP contribution in [0.4, 0.5) is 0 Å². The van der Waals surface area contributed by atoms with Crippen molar-refractivity contribution in [1.29, 1.82) is 0 Å². The van der Waals surface area contributed by atoms with Gasteiger partial charge in [0.05, 0.1) is 0 Å². The zero-order valence-corrected chi connectivity index (χ0v) is 28.3. The minimum atomic E-state index is 1.22. The maximum Gasteiger partial charge on any atom is -0.00201 e. The largest absolute Gasteiger partial charge is 0.0610 e. The summed E-state index contributed by atoms with van der Waals surface area (Å²) in [5.41, 5.74) is 7.47. The second-order valence-electron chi connectivity index (χ2n) is 14.4. The van der Waals surface area contributed by atoms with Crippen LogP contribution >= 0.6 is 0 Å². The summed E-state index contributed by atoms with van der Waals surface area (Å²) in [6, 6.07) is 67.9. The fourth-order valence-corrected chi connectivity index (χ4v) is 9.48. The van der Waals surface area contributed by atoms with Crippen LogP contribution in [0.5, 0.6) is 0 Å².